The lowest BCUT2D eigenvalue weighted by atomic mass is 10.3. The van der Waals surface area contributed by atoms with E-state index < -0.39 is 0 Å². The third-order valence-corrected chi connectivity index (χ3v) is 3.21. The minimum atomic E-state index is -0.349. The fraction of sp³-hybridized carbons (Fsp3) is 0.200. The Hall–Kier alpha value is -1.75. The maximum atomic E-state index is 13.3. The van der Waals surface area contributed by atoms with Crippen LogP contribution in [0.5, 0.6) is 17.2 Å². The van der Waals surface area contributed by atoms with E-state index in [0.717, 1.165) is 11.5 Å². The van der Waals surface area contributed by atoms with Gasteiger partial charge in [0.2, 0.25) is 0 Å². The highest BCUT2D eigenvalue weighted by Gasteiger charge is 2.01. The highest BCUT2D eigenvalue weighted by molar-refractivity contribution is 9.10. The van der Waals surface area contributed by atoms with Crippen LogP contribution in [0.3, 0.4) is 0 Å². The zero-order valence-electron chi connectivity index (χ0n) is 10.9. The molecule has 0 aromatic heterocycles. The molecule has 0 saturated carbocycles. The Kier molecular flexibility index (Phi) is 5.24. The van der Waals surface area contributed by atoms with E-state index in [-0.39, 0.29) is 5.82 Å². The van der Waals surface area contributed by atoms with Crippen molar-refractivity contribution in [2.45, 2.75) is 0 Å². The predicted octanol–water partition coefficient (Wildman–Crippen LogP) is 4.05. The molecule has 0 saturated heterocycles. The highest BCUT2D eigenvalue weighted by atomic mass is 79.9. The van der Waals surface area contributed by atoms with Gasteiger partial charge in [0.15, 0.2) is 0 Å². The quantitative estimate of drug-likeness (QED) is 0.742. The van der Waals surface area contributed by atoms with Crippen molar-refractivity contribution in [3.63, 3.8) is 0 Å². The molecule has 0 bridgehead atoms. The average Bonchev–Trinajstić information content (AvgIpc) is 2.48. The maximum absolute atomic E-state index is 13.3. The molecule has 0 radical (unpaired) electrons. The molecule has 0 aliphatic rings. The number of hydrogen-bond donors (Lipinski definition) is 0. The van der Waals surface area contributed by atoms with Gasteiger partial charge in [-0.15, -0.1) is 0 Å². The lowest BCUT2D eigenvalue weighted by Crippen LogP contribution is -2.09. The van der Waals surface area contributed by atoms with Crippen molar-refractivity contribution < 1.29 is 18.6 Å². The summed E-state index contributed by atoms with van der Waals surface area (Å²) in [4.78, 5) is 0. The summed E-state index contributed by atoms with van der Waals surface area (Å²) in [5, 5.41) is 0. The molecule has 0 atom stereocenters. The summed E-state index contributed by atoms with van der Waals surface area (Å²) in [6.45, 7) is 0.719. The van der Waals surface area contributed by atoms with E-state index in [4.69, 9.17) is 14.2 Å². The summed E-state index contributed by atoms with van der Waals surface area (Å²) in [7, 11) is 1.61. The van der Waals surface area contributed by atoms with E-state index in [1.54, 1.807) is 19.2 Å². The lowest BCUT2D eigenvalue weighted by Gasteiger charge is -2.09. The van der Waals surface area contributed by atoms with Crippen molar-refractivity contribution in [1.82, 2.24) is 0 Å². The van der Waals surface area contributed by atoms with E-state index in [2.05, 4.69) is 15.9 Å². The molecule has 20 heavy (non-hydrogen) atoms. The Morgan fingerprint density at radius 3 is 2.05 bits per heavy atom. The van der Waals surface area contributed by atoms with E-state index >= 15 is 0 Å². The molecule has 2 aromatic rings. The molecular weight excluding hydrogens is 327 g/mol. The molecule has 0 fully saturated rings. The molecule has 0 N–H and O–H groups in total. The van der Waals surface area contributed by atoms with Crippen molar-refractivity contribution in [3.8, 4) is 17.2 Å². The Balaban J connectivity index is 1.76. The van der Waals surface area contributed by atoms with Crippen molar-refractivity contribution in [1.29, 1.82) is 0 Å². The summed E-state index contributed by atoms with van der Waals surface area (Å²) in [6.07, 6.45) is 0. The number of ether oxygens (including phenoxy) is 3. The Morgan fingerprint density at radius 1 is 0.900 bits per heavy atom. The first-order valence-corrected chi connectivity index (χ1v) is 6.83. The largest absolute Gasteiger partial charge is 0.497 e. The summed E-state index contributed by atoms with van der Waals surface area (Å²) in [5.41, 5.74) is 0. The van der Waals surface area contributed by atoms with Crippen LogP contribution in [-0.2, 0) is 0 Å². The third-order valence-electron chi connectivity index (χ3n) is 2.57. The molecule has 0 spiro atoms. The van der Waals surface area contributed by atoms with Crippen LogP contribution < -0.4 is 14.2 Å². The molecular formula is C15H14BrFO3. The number of rotatable bonds is 6. The standard InChI is InChI=1S/C15H14BrFO3/c1-18-11-2-4-12(5-3-11)19-8-9-20-13-6-7-14(16)15(17)10-13/h2-7,10H,8-9H2,1H3. The molecule has 0 amide bonds. The number of benzene rings is 2. The second-order valence-electron chi connectivity index (χ2n) is 3.95. The predicted molar refractivity (Wildman–Crippen MR) is 78.1 cm³/mol. The van der Waals surface area contributed by atoms with Crippen LogP contribution in [0.4, 0.5) is 4.39 Å². The topological polar surface area (TPSA) is 27.7 Å². The number of methoxy groups -OCH3 is 1. The Labute approximate surface area is 125 Å². The molecule has 0 unspecified atom stereocenters. The van der Waals surface area contributed by atoms with E-state index in [1.807, 2.05) is 24.3 Å². The second kappa shape index (κ2) is 7.14. The van der Waals surface area contributed by atoms with Gasteiger partial charge in [0.25, 0.3) is 0 Å². The van der Waals surface area contributed by atoms with Crippen LogP contribution in [0.25, 0.3) is 0 Å². The van der Waals surface area contributed by atoms with Gasteiger partial charge in [-0.1, -0.05) is 0 Å². The second-order valence-corrected chi connectivity index (χ2v) is 4.80. The number of hydrogen-bond acceptors (Lipinski definition) is 3. The minimum absolute atomic E-state index is 0.340. The molecule has 0 aliphatic carbocycles. The molecule has 106 valence electrons. The van der Waals surface area contributed by atoms with Gasteiger partial charge in [-0.25, -0.2) is 4.39 Å². The van der Waals surface area contributed by atoms with Crippen LogP contribution in [0.2, 0.25) is 0 Å². The average molecular weight is 341 g/mol. The zero-order valence-corrected chi connectivity index (χ0v) is 12.5. The fourth-order valence-electron chi connectivity index (χ4n) is 1.56. The van der Waals surface area contributed by atoms with Crippen LogP contribution >= 0.6 is 15.9 Å². The first-order chi connectivity index (χ1) is 9.69. The smallest absolute Gasteiger partial charge is 0.141 e. The van der Waals surface area contributed by atoms with E-state index in [1.165, 1.54) is 6.07 Å². The molecule has 0 aliphatic heterocycles. The van der Waals surface area contributed by atoms with Crippen molar-refractivity contribution >= 4 is 15.9 Å². The zero-order chi connectivity index (χ0) is 14.4. The van der Waals surface area contributed by atoms with Crippen LogP contribution in [0.15, 0.2) is 46.9 Å². The van der Waals surface area contributed by atoms with E-state index in [0.29, 0.717) is 23.4 Å². The number of halogens is 2. The fourth-order valence-corrected chi connectivity index (χ4v) is 1.80. The summed E-state index contributed by atoms with van der Waals surface area (Å²) < 4.78 is 29.6. The first-order valence-electron chi connectivity index (χ1n) is 6.04. The van der Waals surface area contributed by atoms with Gasteiger partial charge in [-0.3, -0.25) is 0 Å². The van der Waals surface area contributed by atoms with E-state index in [9.17, 15) is 4.39 Å². The monoisotopic (exact) mass is 340 g/mol. The van der Waals surface area contributed by atoms with Gasteiger partial charge >= 0.3 is 0 Å². The van der Waals surface area contributed by atoms with Gasteiger partial charge in [-0.05, 0) is 52.3 Å². The Bertz CT molecular complexity index is 558. The lowest BCUT2D eigenvalue weighted by molar-refractivity contribution is 0.216. The van der Waals surface area contributed by atoms with Gasteiger partial charge in [-0.2, -0.15) is 0 Å². The summed E-state index contributed by atoms with van der Waals surface area (Å²) in [5.74, 6) is 1.64. The van der Waals surface area contributed by atoms with Gasteiger partial charge < -0.3 is 14.2 Å². The molecule has 5 heteroatoms. The van der Waals surface area contributed by atoms with Crippen LogP contribution in [-0.4, -0.2) is 20.3 Å². The van der Waals surface area contributed by atoms with Gasteiger partial charge in [0.1, 0.15) is 36.3 Å². The molecule has 2 rings (SSSR count). The van der Waals surface area contributed by atoms with Gasteiger partial charge in [0, 0.05) is 6.07 Å². The van der Waals surface area contributed by atoms with Crippen molar-refractivity contribution in [2.75, 3.05) is 20.3 Å². The SMILES string of the molecule is COc1ccc(OCCOc2ccc(Br)c(F)c2)cc1. The summed E-state index contributed by atoms with van der Waals surface area (Å²) in [6, 6.07) is 11.9. The summed E-state index contributed by atoms with van der Waals surface area (Å²) >= 11 is 3.09. The molecule has 2 aromatic carbocycles. The van der Waals surface area contributed by atoms with Crippen molar-refractivity contribution in [2.24, 2.45) is 0 Å². The van der Waals surface area contributed by atoms with Crippen LogP contribution in [0.1, 0.15) is 0 Å². The van der Waals surface area contributed by atoms with Crippen molar-refractivity contribution in [3.05, 3.63) is 52.8 Å². The minimum Gasteiger partial charge on any atom is -0.497 e. The maximum Gasteiger partial charge on any atom is 0.141 e. The van der Waals surface area contributed by atoms with Gasteiger partial charge in [0.05, 0.1) is 11.6 Å². The van der Waals surface area contributed by atoms with Crippen LogP contribution in [0, 0.1) is 5.82 Å². The Morgan fingerprint density at radius 2 is 1.45 bits per heavy atom. The highest BCUT2D eigenvalue weighted by Crippen LogP contribution is 2.21. The third kappa shape index (κ3) is 4.13. The normalized spacial score (nSPS) is 10.2. The first kappa shape index (κ1) is 14.7. The molecule has 0 heterocycles. The molecule has 3 nitrogen and oxygen atoms in total.